The molecule has 1 aromatic rings. The number of hydrogen-bond acceptors (Lipinski definition) is 5. The number of unbranched alkanes of at least 4 members (excludes halogenated alkanes) is 2. The number of rotatable bonds is 5. The maximum Gasteiger partial charge on any atom is 0.223 e. The molecule has 1 heterocycles. The average Bonchev–Trinajstić information content (AvgIpc) is 2.16. The summed E-state index contributed by atoms with van der Waals surface area (Å²) < 4.78 is 0. The molecule has 15 heavy (non-hydrogen) atoms. The Kier molecular flexibility index (Phi) is 4.23. The van der Waals surface area contributed by atoms with E-state index in [-0.39, 0.29) is 5.95 Å². The standard InChI is InChI=1S/C10H15N5/c1-2-3-4-5-6-13-9-7-8(11)14-10(12)15-9/h1,7H,3-6H2,(H5,11,12,13,14,15). The van der Waals surface area contributed by atoms with Crippen LogP contribution in [0.4, 0.5) is 17.6 Å². The van der Waals surface area contributed by atoms with Gasteiger partial charge in [0.05, 0.1) is 0 Å². The third kappa shape index (κ3) is 4.18. The second-order valence-corrected chi connectivity index (χ2v) is 3.12. The predicted octanol–water partition coefficient (Wildman–Crippen LogP) is 0.856. The van der Waals surface area contributed by atoms with Crippen molar-refractivity contribution in [3.63, 3.8) is 0 Å². The van der Waals surface area contributed by atoms with Crippen LogP contribution in [0.2, 0.25) is 0 Å². The molecule has 0 atom stereocenters. The smallest absolute Gasteiger partial charge is 0.223 e. The summed E-state index contributed by atoms with van der Waals surface area (Å²) in [5.41, 5.74) is 11.0. The number of nitrogens with one attached hydrogen (secondary N) is 1. The van der Waals surface area contributed by atoms with Crippen LogP contribution in [-0.2, 0) is 0 Å². The lowest BCUT2D eigenvalue weighted by Crippen LogP contribution is -2.07. The minimum atomic E-state index is 0.182. The van der Waals surface area contributed by atoms with Gasteiger partial charge in [-0.2, -0.15) is 9.97 Å². The van der Waals surface area contributed by atoms with Gasteiger partial charge in [0.1, 0.15) is 11.6 Å². The fourth-order valence-corrected chi connectivity index (χ4v) is 1.14. The first kappa shape index (κ1) is 11.1. The van der Waals surface area contributed by atoms with Crippen molar-refractivity contribution < 1.29 is 0 Å². The molecule has 0 spiro atoms. The SMILES string of the molecule is C#CCCCCNc1cc(N)nc(N)n1. The summed E-state index contributed by atoms with van der Waals surface area (Å²) in [6, 6.07) is 1.65. The van der Waals surface area contributed by atoms with Gasteiger partial charge in [-0.1, -0.05) is 0 Å². The number of hydrogen-bond donors (Lipinski definition) is 3. The first-order valence-corrected chi connectivity index (χ1v) is 4.79. The van der Waals surface area contributed by atoms with Crippen LogP contribution < -0.4 is 16.8 Å². The van der Waals surface area contributed by atoms with Crippen LogP contribution in [0, 0.1) is 12.3 Å². The molecule has 1 aromatic heterocycles. The van der Waals surface area contributed by atoms with Gasteiger partial charge in [0.25, 0.3) is 0 Å². The summed E-state index contributed by atoms with van der Waals surface area (Å²) in [6.07, 6.45) is 7.93. The number of anilines is 3. The molecule has 0 amide bonds. The molecule has 5 nitrogen and oxygen atoms in total. The average molecular weight is 205 g/mol. The monoisotopic (exact) mass is 205 g/mol. The lowest BCUT2D eigenvalue weighted by Gasteiger charge is -2.05. The molecule has 0 fully saturated rings. The van der Waals surface area contributed by atoms with Gasteiger partial charge in [-0.05, 0) is 12.8 Å². The minimum absolute atomic E-state index is 0.182. The van der Waals surface area contributed by atoms with E-state index in [4.69, 9.17) is 17.9 Å². The van der Waals surface area contributed by atoms with E-state index in [2.05, 4.69) is 21.2 Å². The molecule has 0 saturated heterocycles. The van der Waals surface area contributed by atoms with Crippen molar-refractivity contribution in [3.05, 3.63) is 6.07 Å². The van der Waals surface area contributed by atoms with Crippen LogP contribution in [0.15, 0.2) is 6.07 Å². The second kappa shape index (κ2) is 5.70. The van der Waals surface area contributed by atoms with Crippen molar-refractivity contribution in [3.8, 4) is 12.3 Å². The van der Waals surface area contributed by atoms with E-state index >= 15 is 0 Å². The Morgan fingerprint density at radius 3 is 2.80 bits per heavy atom. The van der Waals surface area contributed by atoms with Crippen LogP contribution in [-0.4, -0.2) is 16.5 Å². The third-order valence-corrected chi connectivity index (χ3v) is 1.82. The Morgan fingerprint density at radius 2 is 2.13 bits per heavy atom. The topological polar surface area (TPSA) is 89.8 Å². The quantitative estimate of drug-likeness (QED) is 0.490. The van der Waals surface area contributed by atoms with E-state index in [9.17, 15) is 0 Å². The zero-order valence-corrected chi connectivity index (χ0v) is 8.53. The van der Waals surface area contributed by atoms with E-state index in [0.29, 0.717) is 11.6 Å². The van der Waals surface area contributed by atoms with Crippen LogP contribution in [0.3, 0.4) is 0 Å². The number of terminal acetylenes is 1. The van der Waals surface area contributed by atoms with Crippen LogP contribution in [0.25, 0.3) is 0 Å². The summed E-state index contributed by atoms with van der Waals surface area (Å²) >= 11 is 0. The molecule has 0 aromatic carbocycles. The third-order valence-electron chi connectivity index (χ3n) is 1.82. The fourth-order valence-electron chi connectivity index (χ4n) is 1.14. The lowest BCUT2D eigenvalue weighted by atomic mass is 10.2. The van der Waals surface area contributed by atoms with Crippen molar-refractivity contribution in [1.82, 2.24) is 9.97 Å². The Balaban J connectivity index is 2.34. The van der Waals surface area contributed by atoms with Gasteiger partial charge >= 0.3 is 0 Å². The van der Waals surface area contributed by atoms with Gasteiger partial charge in [-0.25, -0.2) is 0 Å². The van der Waals surface area contributed by atoms with E-state index in [1.807, 2.05) is 0 Å². The summed E-state index contributed by atoms with van der Waals surface area (Å²) in [4.78, 5) is 7.76. The summed E-state index contributed by atoms with van der Waals surface area (Å²) in [5.74, 6) is 3.80. The molecule has 0 unspecified atom stereocenters. The Hall–Kier alpha value is -1.96. The molecule has 1 rings (SSSR count). The van der Waals surface area contributed by atoms with Gasteiger partial charge < -0.3 is 16.8 Å². The minimum Gasteiger partial charge on any atom is -0.383 e. The molecule has 0 aliphatic rings. The highest BCUT2D eigenvalue weighted by Gasteiger charge is 1.98. The number of nitrogen functional groups attached to an aromatic ring is 2. The molecule has 5 N–H and O–H groups in total. The summed E-state index contributed by atoms with van der Waals surface area (Å²) in [6.45, 7) is 0.803. The highest BCUT2D eigenvalue weighted by molar-refractivity contribution is 5.48. The molecular weight excluding hydrogens is 190 g/mol. The van der Waals surface area contributed by atoms with Crippen molar-refractivity contribution in [2.45, 2.75) is 19.3 Å². The number of aromatic nitrogens is 2. The largest absolute Gasteiger partial charge is 0.383 e. The zero-order chi connectivity index (χ0) is 11.1. The van der Waals surface area contributed by atoms with Crippen LogP contribution in [0.5, 0.6) is 0 Å². The van der Waals surface area contributed by atoms with Crippen molar-refractivity contribution in [1.29, 1.82) is 0 Å². The lowest BCUT2D eigenvalue weighted by molar-refractivity contribution is 0.787. The van der Waals surface area contributed by atoms with Gasteiger partial charge in [0, 0.05) is 19.0 Å². The normalized spacial score (nSPS) is 9.53. The molecule has 0 bridgehead atoms. The van der Waals surface area contributed by atoms with E-state index in [0.717, 1.165) is 25.8 Å². The molecule has 0 aliphatic carbocycles. The molecule has 0 radical (unpaired) electrons. The highest BCUT2D eigenvalue weighted by atomic mass is 15.1. The number of nitrogens with zero attached hydrogens (tertiary/aromatic N) is 2. The van der Waals surface area contributed by atoms with Crippen LogP contribution in [0.1, 0.15) is 19.3 Å². The first-order valence-electron chi connectivity index (χ1n) is 4.79. The first-order chi connectivity index (χ1) is 7.22. The van der Waals surface area contributed by atoms with E-state index in [1.165, 1.54) is 0 Å². The molecule has 0 aliphatic heterocycles. The van der Waals surface area contributed by atoms with E-state index < -0.39 is 0 Å². The Bertz CT molecular complexity index is 335. The van der Waals surface area contributed by atoms with Crippen molar-refractivity contribution in [2.75, 3.05) is 23.3 Å². The number of nitrogens with two attached hydrogens (primary N) is 2. The fraction of sp³-hybridized carbons (Fsp3) is 0.400. The summed E-state index contributed by atoms with van der Waals surface area (Å²) in [5, 5.41) is 3.11. The van der Waals surface area contributed by atoms with Gasteiger partial charge in [-0.15, -0.1) is 12.3 Å². The zero-order valence-electron chi connectivity index (χ0n) is 8.53. The van der Waals surface area contributed by atoms with Gasteiger partial charge in [0.2, 0.25) is 5.95 Å². The van der Waals surface area contributed by atoms with Gasteiger partial charge in [0.15, 0.2) is 0 Å². The molecular formula is C10H15N5. The molecule has 80 valence electrons. The maximum atomic E-state index is 5.51. The maximum absolute atomic E-state index is 5.51. The van der Waals surface area contributed by atoms with Crippen LogP contribution >= 0.6 is 0 Å². The van der Waals surface area contributed by atoms with E-state index in [1.54, 1.807) is 6.07 Å². The second-order valence-electron chi connectivity index (χ2n) is 3.12. The molecule has 5 heteroatoms. The summed E-state index contributed by atoms with van der Waals surface area (Å²) in [7, 11) is 0. The van der Waals surface area contributed by atoms with Crippen molar-refractivity contribution in [2.24, 2.45) is 0 Å². The predicted molar refractivity (Wildman–Crippen MR) is 62.0 cm³/mol. The Labute approximate surface area is 89.3 Å². The van der Waals surface area contributed by atoms with Gasteiger partial charge in [-0.3, -0.25) is 0 Å². The Morgan fingerprint density at radius 1 is 1.33 bits per heavy atom. The molecule has 0 saturated carbocycles. The van der Waals surface area contributed by atoms with Crippen molar-refractivity contribution >= 4 is 17.6 Å². The highest BCUT2D eigenvalue weighted by Crippen LogP contribution is 2.09.